The number of aryl methyl sites for hydroxylation is 1. The smallest absolute Gasteiger partial charge is 0.0726 e. The molecule has 0 spiro atoms. The van der Waals surface area contributed by atoms with Gasteiger partial charge in [0.1, 0.15) is 0 Å². The molecule has 1 rings (SSSR count). The third kappa shape index (κ3) is 2.13. The molecule has 0 aliphatic heterocycles. The van der Waals surface area contributed by atoms with Gasteiger partial charge in [-0.25, -0.2) is 0 Å². The van der Waals surface area contributed by atoms with E-state index in [9.17, 15) is 0 Å². The minimum Gasteiger partial charge on any atom is -0.394 e. The second-order valence-corrected chi connectivity index (χ2v) is 4.65. The number of aromatic nitrogens is 2. The fourth-order valence-electron chi connectivity index (χ4n) is 1.46. The third-order valence-electron chi connectivity index (χ3n) is 2.16. The van der Waals surface area contributed by atoms with E-state index in [1.807, 2.05) is 13.2 Å². The number of rotatable bonds is 2. The molecule has 0 saturated carbocycles. The molecular weight excluding hydrogens is 178 g/mol. The van der Waals surface area contributed by atoms with Crippen molar-refractivity contribution in [3.63, 3.8) is 0 Å². The van der Waals surface area contributed by atoms with Crippen molar-refractivity contribution in [2.75, 3.05) is 6.61 Å². The first-order chi connectivity index (χ1) is 6.36. The Morgan fingerprint density at radius 2 is 2.14 bits per heavy atom. The molecule has 3 N–H and O–H groups in total. The molecule has 1 heterocycles. The van der Waals surface area contributed by atoms with E-state index in [1.165, 1.54) is 0 Å². The van der Waals surface area contributed by atoms with Crippen molar-refractivity contribution < 1.29 is 5.11 Å². The summed E-state index contributed by atoms with van der Waals surface area (Å²) in [6, 6.07) is -0.335. The Bertz CT molecular complexity index is 312. The summed E-state index contributed by atoms with van der Waals surface area (Å²) in [5.74, 6) is 0. The lowest BCUT2D eigenvalue weighted by molar-refractivity contribution is 0.266. The van der Waals surface area contributed by atoms with Crippen molar-refractivity contribution in [1.29, 1.82) is 0 Å². The summed E-state index contributed by atoms with van der Waals surface area (Å²) in [7, 11) is 1.86. The Kier molecular flexibility index (Phi) is 2.97. The topological polar surface area (TPSA) is 64.1 Å². The van der Waals surface area contributed by atoms with E-state index in [-0.39, 0.29) is 18.1 Å². The predicted octanol–water partition coefficient (Wildman–Crippen LogP) is 0.710. The van der Waals surface area contributed by atoms with Crippen molar-refractivity contribution in [3.8, 4) is 0 Å². The van der Waals surface area contributed by atoms with Crippen LogP contribution in [0.5, 0.6) is 0 Å². The summed E-state index contributed by atoms with van der Waals surface area (Å²) in [6.07, 6.45) is 1.88. The summed E-state index contributed by atoms with van der Waals surface area (Å²) < 4.78 is 1.74. The van der Waals surface area contributed by atoms with Gasteiger partial charge in [0.2, 0.25) is 0 Å². The quantitative estimate of drug-likeness (QED) is 0.734. The van der Waals surface area contributed by atoms with Crippen LogP contribution >= 0.6 is 0 Å². The molecule has 4 nitrogen and oxygen atoms in total. The molecule has 0 unspecified atom stereocenters. The highest BCUT2D eigenvalue weighted by atomic mass is 16.3. The zero-order chi connectivity index (χ0) is 10.9. The summed E-state index contributed by atoms with van der Waals surface area (Å²) >= 11 is 0. The van der Waals surface area contributed by atoms with Crippen molar-refractivity contribution in [1.82, 2.24) is 9.78 Å². The molecule has 0 aliphatic carbocycles. The van der Waals surface area contributed by atoms with Crippen molar-refractivity contribution in [2.24, 2.45) is 12.8 Å². The van der Waals surface area contributed by atoms with Crippen LogP contribution in [0.25, 0.3) is 0 Å². The fraction of sp³-hybridized carbons (Fsp3) is 0.700. The molecule has 0 bridgehead atoms. The van der Waals surface area contributed by atoms with E-state index in [0.717, 1.165) is 11.3 Å². The number of nitrogens with zero attached hydrogens (tertiary/aromatic N) is 2. The Morgan fingerprint density at radius 1 is 1.57 bits per heavy atom. The lowest BCUT2D eigenvalue weighted by Gasteiger charge is -2.19. The molecule has 0 aliphatic rings. The molecule has 1 aromatic rings. The van der Waals surface area contributed by atoms with E-state index in [0.29, 0.717) is 0 Å². The molecule has 4 heteroatoms. The standard InChI is InChI=1S/C10H19N3O/c1-10(2,3)9-7(8(11)6-14)5-13(4)12-9/h5,8,14H,6,11H2,1-4H3/t8-/m1/s1. The molecule has 0 radical (unpaired) electrons. The normalized spacial score (nSPS) is 14.4. The maximum atomic E-state index is 9.03. The van der Waals surface area contributed by atoms with Gasteiger partial charge in [0.05, 0.1) is 18.3 Å². The van der Waals surface area contributed by atoms with Crippen LogP contribution in [0.2, 0.25) is 0 Å². The second kappa shape index (κ2) is 3.71. The maximum Gasteiger partial charge on any atom is 0.0726 e. The number of hydrogen-bond donors (Lipinski definition) is 2. The first-order valence-corrected chi connectivity index (χ1v) is 4.76. The average molecular weight is 197 g/mol. The summed E-state index contributed by atoms with van der Waals surface area (Å²) in [5.41, 5.74) is 7.66. The van der Waals surface area contributed by atoms with Crippen molar-refractivity contribution >= 4 is 0 Å². The predicted molar refractivity (Wildman–Crippen MR) is 55.9 cm³/mol. The first kappa shape index (κ1) is 11.2. The summed E-state index contributed by atoms with van der Waals surface area (Å²) in [6.45, 7) is 6.21. The van der Waals surface area contributed by atoms with E-state index in [2.05, 4.69) is 25.9 Å². The monoisotopic (exact) mass is 197 g/mol. The van der Waals surface area contributed by atoms with Crippen LogP contribution in [0.4, 0.5) is 0 Å². The SMILES string of the molecule is Cn1cc([C@H](N)CO)c(C(C)(C)C)n1. The Hall–Kier alpha value is -0.870. The van der Waals surface area contributed by atoms with Crippen LogP contribution in [-0.2, 0) is 12.5 Å². The van der Waals surface area contributed by atoms with Gasteiger partial charge in [0.15, 0.2) is 0 Å². The Balaban J connectivity index is 3.16. The minimum absolute atomic E-state index is 0.0383. The molecule has 0 fully saturated rings. The van der Waals surface area contributed by atoms with E-state index in [1.54, 1.807) is 4.68 Å². The van der Waals surface area contributed by atoms with E-state index in [4.69, 9.17) is 10.8 Å². The largest absolute Gasteiger partial charge is 0.394 e. The molecule has 14 heavy (non-hydrogen) atoms. The number of nitrogens with two attached hydrogens (primary N) is 1. The van der Waals surface area contributed by atoms with Crippen LogP contribution in [0.3, 0.4) is 0 Å². The van der Waals surface area contributed by atoms with Crippen molar-refractivity contribution in [3.05, 3.63) is 17.5 Å². The summed E-state index contributed by atoms with van der Waals surface area (Å²) in [4.78, 5) is 0. The van der Waals surface area contributed by atoms with Gasteiger partial charge < -0.3 is 10.8 Å². The van der Waals surface area contributed by atoms with Gasteiger partial charge in [-0.15, -0.1) is 0 Å². The Labute approximate surface area is 84.7 Å². The van der Waals surface area contributed by atoms with Gasteiger partial charge in [0, 0.05) is 24.2 Å². The highest BCUT2D eigenvalue weighted by molar-refractivity contribution is 5.27. The van der Waals surface area contributed by atoms with Crippen LogP contribution in [-0.4, -0.2) is 21.5 Å². The molecule has 0 saturated heterocycles. The maximum absolute atomic E-state index is 9.03. The van der Waals surface area contributed by atoms with Gasteiger partial charge in [-0.2, -0.15) is 5.10 Å². The van der Waals surface area contributed by atoms with Gasteiger partial charge in [0.25, 0.3) is 0 Å². The molecule has 1 aromatic heterocycles. The van der Waals surface area contributed by atoms with Gasteiger partial charge in [-0.05, 0) is 0 Å². The zero-order valence-electron chi connectivity index (χ0n) is 9.28. The third-order valence-corrected chi connectivity index (χ3v) is 2.16. The molecule has 0 amide bonds. The lowest BCUT2D eigenvalue weighted by Crippen LogP contribution is -2.21. The van der Waals surface area contributed by atoms with E-state index < -0.39 is 0 Å². The van der Waals surface area contributed by atoms with Crippen molar-refractivity contribution in [2.45, 2.75) is 32.2 Å². The number of hydrogen-bond acceptors (Lipinski definition) is 3. The fourth-order valence-corrected chi connectivity index (χ4v) is 1.46. The minimum atomic E-state index is -0.335. The highest BCUT2D eigenvalue weighted by Crippen LogP contribution is 2.27. The first-order valence-electron chi connectivity index (χ1n) is 4.76. The van der Waals surface area contributed by atoms with Gasteiger partial charge in [-0.1, -0.05) is 20.8 Å². The van der Waals surface area contributed by atoms with E-state index >= 15 is 0 Å². The highest BCUT2D eigenvalue weighted by Gasteiger charge is 2.24. The van der Waals surface area contributed by atoms with Crippen LogP contribution in [0.15, 0.2) is 6.20 Å². The number of aliphatic hydroxyl groups is 1. The molecule has 1 atom stereocenters. The molecule has 0 aromatic carbocycles. The van der Waals surface area contributed by atoms with Gasteiger partial charge in [-0.3, -0.25) is 4.68 Å². The average Bonchev–Trinajstić information content (AvgIpc) is 2.45. The number of aliphatic hydroxyl groups excluding tert-OH is 1. The van der Waals surface area contributed by atoms with Crippen LogP contribution < -0.4 is 5.73 Å². The van der Waals surface area contributed by atoms with Gasteiger partial charge >= 0.3 is 0 Å². The zero-order valence-corrected chi connectivity index (χ0v) is 9.28. The van der Waals surface area contributed by atoms with Crippen LogP contribution in [0.1, 0.15) is 38.1 Å². The van der Waals surface area contributed by atoms with Crippen LogP contribution in [0, 0.1) is 0 Å². The molecular formula is C10H19N3O. The Morgan fingerprint density at radius 3 is 2.57 bits per heavy atom. The second-order valence-electron chi connectivity index (χ2n) is 4.65. The molecule has 80 valence electrons. The lowest BCUT2D eigenvalue weighted by atomic mass is 9.88. The summed E-state index contributed by atoms with van der Waals surface area (Å²) in [5, 5.41) is 13.4.